The summed E-state index contributed by atoms with van der Waals surface area (Å²) >= 11 is 0. The van der Waals surface area contributed by atoms with Gasteiger partial charge >= 0.3 is 0 Å². The quantitative estimate of drug-likeness (QED) is 0.903. The number of aryl methyl sites for hydroxylation is 1. The van der Waals surface area contributed by atoms with Crippen LogP contribution in [0.3, 0.4) is 0 Å². The van der Waals surface area contributed by atoms with Gasteiger partial charge in [0.1, 0.15) is 0 Å². The lowest BCUT2D eigenvalue weighted by atomic mass is 10.1. The van der Waals surface area contributed by atoms with Crippen LogP contribution in [0.1, 0.15) is 22.3 Å². The van der Waals surface area contributed by atoms with Crippen molar-refractivity contribution in [1.29, 1.82) is 0 Å². The van der Waals surface area contributed by atoms with Gasteiger partial charge in [-0.25, -0.2) is 0 Å². The molecule has 1 aliphatic rings. The standard InChI is InChI=1S/C15H20N4/c1-18(10-13-6-17-19(2)11-13)9-12-3-4-14-7-16-8-15(14)5-12/h3-6,11,16H,7-10H2,1-2H3. The van der Waals surface area contributed by atoms with E-state index in [9.17, 15) is 0 Å². The van der Waals surface area contributed by atoms with Gasteiger partial charge in [-0.1, -0.05) is 18.2 Å². The largest absolute Gasteiger partial charge is 0.309 e. The van der Waals surface area contributed by atoms with Crippen molar-refractivity contribution >= 4 is 0 Å². The summed E-state index contributed by atoms with van der Waals surface area (Å²) in [6.45, 7) is 3.93. The molecule has 0 fully saturated rings. The summed E-state index contributed by atoms with van der Waals surface area (Å²) in [5.41, 5.74) is 5.53. The zero-order chi connectivity index (χ0) is 13.2. The molecule has 1 aromatic carbocycles. The fourth-order valence-corrected chi connectivity index (χ4v) is 2.68. The second-order valence-electron chi connectivity index (χ2n) is 5.40. The van der Waals surface area contributed by atoms with Crippen molar-refractivity contribution in [3.63, 3.8) is 0 Å². The van der Waals surface area contributed by atoms with Crippen LogP contribution in [0, 0.1) is 0 Å². The molecule has 4 nitrogen and oxygen atoms in total. The zero-order valence-corrected chi connectivity index (χ0v) is 11.6. The van der Waals surface area contributed by atoms with E-state index in [4.69, 9.17) is 0 Å². The van der Waals surface area contributed by atoms with Gasteiger partial charge in [-0.05, 0) is 23.7 Å². The van der Waals surface area contributed by atoms with E-state index in [1.165, 1.54) is 22.3 Å². The smallest absolute Gasteiger partial charge is 0.0534 e. The number of fused-ring (bicyclic) bond motifs is 1. The van der Waals surface area contributed by atoms with Crippen LogP contribution in [0.2, 0.25) is 0 Å². The SMILES string of the molecule is CN(Cc1ccc2c(c1)CNC2)Cc1cnn(C)c1. The Morgan fingerprint density at radius 2 is 2.00 bits per heavy atom. The topological polar surface area (TPSA) is 33.1 Å². The van der Waals surface area contributed by atoms with E-state index in [0.717, 1.165) is 26.2 Å². The van der Waals surface area contributed by atoms with E-state index in [2.05, 4.69) is 46.8 Å². The van der Waals surface area contributed by atoms with Crippen molar-refractivity contribution in [2.75, 3.05) is 7.05 Å². The molecule has 0 atom stereocenters. The monoisotopic (exact) mass is 256 g/mol. The summed E-state index contributed by atoms with van der Waals surface area (Å²) in [6, 6.07) is 6.82. The molecule has 0 saturated carbocycles. The number of hydrogen-bond acceptors (Lipinski definition) is 3. The molecule has 100 valence electrons. The van der Waals surface area contributed by atoms with Crippen molar-refractivity contribution in [2.45, 2.75) is 26.2 Å². The highest BCUT2D eigenvalue weighted by Gasteiger charge is 2.11. The fraction of sp³-hybridized carbons (Fsp3) is 0.400. The number of nitrogens with zero attached hydrogens (tertiary/aromatic N) is 3. The van der Waals surface area contributed by atoms with Crippen LogP contribution in [0.25, 0.3) is 0 Å². The Hall–Kier alpha value is -1.65. The summed E-state index contributed by atoms with van der Waals surface area (Å²) in [7, 11) is 4.11. The molecule has 0 saturated heterocycles. The highest BCUT2D eigenvalue weighted by atomic mass is 15.2. The third-order valence-electron chi connectivity index (χ3n) is 3.56. The van der Waals surface area contributed by atoms with E-state index >= 15 is 0 Å². The lowest BCUT2D eigenvalue weighted by Crippen LogP contribution is -2.17. The van der Waals surface area contributed by atoms with Crippen LogP contribution < -0.4 is 5.32 Å². The van der Waals surface area contributed by atoms with Gasteiger partial charge in [0.2, 0.25) is 0 Å². The second-order valence-corrected chi connectivity index (χ2v) is 5.40. The van der Waals surface area contributed by atoms with Gasteiger partial charge < -0.3 is 5.32 Å². The summed E-state index contributed by atoms with van der Waals surface area (Å²) in [4.78, 5) is 2.32. The van der Waals surface area contributed by atoms with E-state index in [1.807, 2.05) is 17.9 Å². The Kier molecular flexibility index (Phi) is 3.36. The van der Waals surface area contributed by atoms with Crippen LogP contribution in [-0.2, 0) is 33.2 Å². The number of benzene rings is 1. The molecule has 2 heterocycles. The van der Waals surface area contributed by atoms with Crippen molar-refractivity contribution in [1.82, 2.24) is 20.0 Å². The number of aromatic nitrogens is 2. The summed E-state index contributed by atoms with van der Waals surface area (Å²) in [5.74, 6) is 0. The van der Waals surface area contributed by atoms with Crippen LogP contribution in [-0.4, -0.2) is 21.7 Å². The molecular weight excluding hydrogens is 236 g/mol. The molecule has 19 heavy (non-hydrogen) atoms. The number of rotatable bonds is 4. The van der Waals surface area contributed by atoms with Crippen molar-refractivity contribution < 1.29 is 0 Å². The lowest BCUT2D eigenvalue weighted by Gasteiger charge is -2.16. The summed E-state index contributed by atoms with van der Waals surface area (Å²) < 4.78 is 1.85. The normalized spacial score (nSPS) is 14.1. The molecule has 0 radical (unpaired) electrons. The van der Waals surface area contributed by atoms with Crippen molar-refractivity contribution in [3.05, 3.63) is 52.8 Å². The molecule has 0 unspecified atom stereocenters. The fourth-order valence-electron chi connectivity index (χ4n) is 2.68. The summed E-state index contributed by atoms with van der Waals surface area (Å²) in [5, 5.41) is 7.59. The van der Waals surface area contributed by atoms with Gasteiger partial charge in [0.15, 0.2) is 0 Å². The van der Waals surface area contributed by atoms with Gasteiger partial charge in [-0.2, -0.15) is 5.10 Å². The molecule has 0 bridgehead atoms. The molecular formula is C15H20N4. The van der Waals surface area contributed by atoms with Crippen LogP contribution in [0.4, 0.5) is 0 Å². The Morgan fingerprint density at radius 3 is 2.79 bits per heavy atom. The van der Waals surface area contributed by atoms with Crippen LogP contribution in [0.5, 0.6) is 0 Å². The van der Waals surface area contributed by atoms with E-state index < -0.39 is 0 Å². The molecule has 0 aliphatic carbocycles. The highest BCUT2D eigenvalue weighted by Crippen LogP contribution is 2.18. The van der Waals surface area contributed by atoms with E-state index in [1.54, 1.807) is 0 Å². The Bertz CT molecular complexity index is 573. The lowest BCUT2D eigenvalue weighted by molar-refractivity contribution is 0.319. The van der Waals surface area contributed by atoms with Crippen molar-refractivity contribution in [2.24, 2.45) is 7.05 Å². The van der Waals surface area contributed by atoms with Crippen molar-refractivity contribution in [3.8, 4) is 0 Å². The molecule has 3 rings (SSSR count). The first-order valence-electron chi connectivity index (χ1n) is 6.68. The molecule has 4 heteroatoms. The van der Waals surface area contributed by atoms with Gasteiger partial charge in [0.05, 0.1) is 6.20 Å². The molecule has 1 aliphatic heterocycles. The Balaban J connectivity index is 1.64. The highest BCUT2D eigenvalue weighted by molar-refractivity contribution is 5.34. The van der Waals surface area contributed by atoms with Gasteiger partial charge in [-0.3, -0.25) is 9.58 Å². The van der Waals surface area contributed by atoms with Crippen LogP contribution in [0.15, 0.2) is 30.6 Å². The van der Waals surface area contributed by atoms with Gasteiger partial charge in [-0.15, -0.1) is 0 Å². The molecule has 1 aromatic heterocycles. The first-order chi connectivity index (χ1) is 9.20. The van der Waals surface area contributed by atoms with E-state index in [-0.39, 0.29) is 0 Å². The number of hydrogen-bond donors (Lipinski definition) is 1. The zero-order valence-electron chi connectivity index (χ0n) is 11.6. The summed E-state index contributed by atoms with van der Waals surface area (Å²) in [6.07, 6.45) is 4.01. The third kappa shape index (κ3) is 2.85. The minimum absolute atomic E-state index is 0.934. The third-order valence-corrected chi connectivity index (χ3v) is 3.56. The average Bonchev–Trinajstić information content (AvgIpc) is 2.97. The maximum atomic E-state index is 4.21. The van der Waals surface area contributed by atoms with E-state index in [0.29, 0.717) is 0 Å². The molecule has 2 aromatic rings. The maximum absolute atomic E-state index is 4.21. The predicted molar refractivity (Wildman–Crippen MR) is 75.4 cm³/mol. The Labute approximate surface area is 114 Å². The first-order valence-corrected chi connectivity index (χ1v) is 6.68. The number of nitrogens with one attached hydrogen (secondary N) is 1. The average molecular weight is 256 g/mol. The van der Waals surface area contributed by atoms with Gasteiger partial charge in [0, 0.05) is 45.0 Å². The molecule has 1 N–H and O–H groups in total. The Morgan fingerprint density at radius 1 is 1.21 bits per heavy atom. The molecule has 0 amide bonds. The minimum Gasteiger partial charge on any atom is -0.309 e. The van der Waals surface area contributed by atoms with Crippen LogP contribution >= 0.6 is 0 Å². The predicted octanol–water partition coefficient (Wildman–Crippen LogP) is 1.66. The first kappa shape index (κ1) is 12.4. The minimum atomic E-state index is 0.934. The van der Waals surface area contributed by atoms with Gasteiger partial charge in [0.25, 0.3) is 0 Å². The molecule has 0 spiro atoms. The second kappa shape index (κ2) is 5.15. The maximum Gasteiger partial charge on any atom is 0.0534 e.